The minimum absolute atomic E-state index is 0.0839. The zero-order valence-corrected chi connectivity index (χ0v) is 13.6. The first kappa shape index (κ1) is 18.6. The van der Waals surface area contributed by atoms with Gasteiger partial charge < -0.3 is 9.47 Å². The molecule has 1 saturated carbocycles. The molecule has 1 aliphatic rings. The molecule has 0 atom stereocenters. The Morgan fingerprint density at radius 3 is 2.27 bits per heavy atom. The molecule has 0 aromatic heterocycles. The third-order valence-electron chi connectivity index (χ3n) is 3.76. The topological polar surface area (TPSA) is 77.3 Å². The lowest BCUT2D eigenvalue weighted by Crippen LogP contribution is -2.18. The SMILES string of the molecule is CCCCCCCCOC(=O)N=NC(=O)OC1CCCCC1. The Hall–Kier alpha value is -1.46. The van der Waals surface area contributed by atoms with Crippen molar-refractivity contribution in [2.24, 2.45) is 10.2 Å². The second-order valence-corrected chi connectivity index (χ2v) is 5.73. The zero-order chi connectivity index (χ0) is 16.0. The van der Waals surface area contributed by atoms with Crippen LogP contribution in [0.25, 0.3) is 0 Å². The number of amides is 2. The van der Waals surface area contributed by atoms with E-state index in [1.807, 2.05) is 0 Å². The molecule has 1 fully saturated rings. The zero-order valence-electron chi connectivity index (χ0n) is 13.6. The molecule has 6 nitrogen and oxygen atoms in total. The van der Waals surface area contributed by atoms with Crippen LogP contribution >= 0.6 is 0 Å². The van der Waals surface area contributed by atoms with E-state index in [1.54, 1.807) is 0 Å². The van der Waals surface area contributed by atoms with Crippen LogP contribution in [0.3, 0.4) is 0 Å². The Morgan fingerprint density at radius 2 is 1.55 bits per heavy atom. The smallest absolute Gasteiger partial charge is 0.447 e. The molecule has 0 aromatic carbocycles. The van der Waals surface area contributed by atoms with E-state index < -0.39 is 12.2 Å². The number of ether oxygens (including phenoxy) is 2. The number of carbonyl (C=O) groups excluding carboxylic acids is 2. The predicted molar refractivity (Wildman–Crippen MR) is 82.9 cm³/mol. The molecular formula is C16H28N2O4. The lowest BCUT2D eigenvalue weighted by molar-refractivity contribution is 0.0812. The van der Waals surface area contributed by atoms with Crippen molar-refractivity contribution in [2.45, 2.75) is 83.7 Å². The monoisotopic (exact) mass is 312 g/mol. The summed E-state index contributed by atoms with van der Waals surface area (Å²) in [6, 6.07) is 0. The van der Waals surface area contributed by atoms with Gasteiger partial charge in [-0.2, -0.15) is 0 Å². The van der Waals surface area contributed by atoms with E-state index in [1.165, 1.54) is 25.7 Å². The van der Waals surface area contributed by atoms with E-state index in [-0.39, 0.29) is 6.10 Å². The summed E-state index contributed by atoms with van der Waals surface area (Å²) < 4.78 is 10.00. The Morgan fingerprint density at radius 1 is 0.909 bits per heavy atom. The van der Waals surface area contributed by atoms with Gasteiger partial charge >= 0.3 is 12.2 Å². The molecule has 2 amide bonds. The average molecular weight is 312 g/mol. The van der Waals surface area contributed by atoms with E-state index in [2.05, 4.69) is 17.2 Å². The second-order valence-electron chi connectivity index (χ2n) is 5.73. The van der Waals surface area contributed by atoms with Crippen molar-refractivity contribution < 1.29 is 19.1 Å². The predicted octanol–water partition coefficient (Wildman–Crippen LogP) is 5.41. The van der Waals surface area contributed by atoms with Gasteiger partial charge in [0.25, 0.3) is 0 Å². The van der Waals surface area contributed by atoms with Crippen LogP contribution in [-0.2, 0) is 9.47 Å². The first-order valence-electron chi connectivity index (χ1n) is 8.51. The van der Waals surface area contributed by atoms with Crippen LogP contribution in [0.2, 0.25) is 0 Å². The van der Waals surface area contributed by atoms with Crippen LogP contribution in [-0.4, -0.2) is 24.9 Å². The van der Waals surface area contributed by atoms with Gasteiger partial charge in [0, 0.05) is 0 Å². The first-order valence-corrected chi connectivity index (χ1v) is 8.51. The van der Waals surface area contributed by atoms with Gasteiger partial charge in [0.15, 0.2) is 0 Å². The number of azo groups is 1. The fourth-order valence-electron chi connectivity index (χ4n) is 2.50. The maximum absolute atomic E-state index is 11.4. The molecule has 1 aliphatic carbocycles. The van der Waals surface area contributed by atoms with Crippen LogP contribution in [0.15, 0.2) is 10.2 Å². The minimum atomic E-state index is -0.825. The Labute approximate surface area is 132 Å². The van der Waals surface area contributed by atoms with Gasteiger partial charge in [0.1, 0.15) is 6.10 Å². The summed E-state index contributed by atoms with van der Waals surface area (Å²) >= 11 is 0. The van der Waals surface area contributed by atoms with Gasteiger partial charge in [-0.05, 0) is 32.1 Å². The van der Waals surface area contributed by atoms with Crippen LogP contribution in [0.4, 0.5) is 9.59 Å². The summed E-state index contributed by atoms with van der Waals surface area (Å²) in [5.74, 6) is 0. The molecule has 0 heterocycles. The first-order chi connectivity index (χ1) is 10.7. The molecule has 0 aromatic rings. The largest absolute Gasteiger partial charge is 0.452 e. The Kier molecular flexibility index (Phi) is 10.2. The van der Waals surface area contributed by atoms with Crippen LogP contribution in [0, 0.1) is 0 Å². The van der Waals surface area contributed by atoms with E-state index >= 15 is 0 Å². The fourth-order valence-corrected chi connectivity index (χ4v) is 2.50. The highest BCUT2D eigenvalue weighted by Gasteiger charge is 2.17. The summed E-state index contributed by atoms with van der Waals surface area (Å²) in [7, 11) is 0. The van der Waals surface area contributed by atoms with Crippen LogP contribution in [0.5, 0.6) is 0 Å². The summed E-state index contributed by atoms with van der Waals surface area (Å²) in [5, 5.41) is 6.47. The van der Waals surface area contributed by atoms with Gasteiger partial charge in [-0.25, -0.2) is 9.59 Å². The maximum atomic E-state index is 11.4. The molecule has 0 spiro atoms. The van der Waals surface area contributed by atoms with Crippen LogP contribution in [0.1, 0.15) is 77.6 Å². The molecule has 0 radical (unpaired) electrons. The summed E-state index contributed by atoms with van der Waals surface area (Å²) in [6.45, 7) is 2.49. The van der Waals surface area contributed by atoms with Crippen molar-refractivity contribution in [3.05, 3.63) is 0 Å². The molecule has 0 bridgehead atoms. The quantitative estimate of drug-likeness (QED) is 0.444. The van der Waals surface area contributed by atoms with E-state index in [4.69, 9.17) is 9.47 Å². The lowest BCUT2D eigenvalue weighted by Gasteiger charge is -2.20. The highest BCUT2D eigenvalue weighted by Crippen LogP contribution is 2.20. The third kappa shape index (κ3) is 9.47. The molecule has 22 heavy (non-hydrogen) atoms. The van der Waals surface area contributed by atoms with Crippen molar-refractivity contribution in [3.63, 3.8) is 0 Å². The van der Waals surface area contributed by atoms with E-state index in [0.29, 0.717) is 6.61 Å². The van der Waals surface area contributed by atoms with Gasteiger partial charge in [0.05, 0.1) is 6.61 Å². The summed E-state index contributed by atoms with van der Waals surface area (Å²) in [5.41, 5.74) is 0. The molecular weight excluding hydrogens is 284 g/mol. The normalized spacial score (nSPS) is 15.9. The molecule has 0 saturated heterocycles. The van der Waals surface area contributed by atoms with Gasteiger partial charge in [0.2, 0.25) is 0 Å². The number of nitrogens with zero attached hydrogens (tertiary/aromatic N) is 2. The molecule has 0 aliphatic heterocycles. The number of hydrogen-bond acceptors (Lipinski definition) is 4. The fraction of sp³-hybridized carbons (Fsp3) is 0.875. The minimum Gasteiger partial charge on any atom is -0.447 e. The average Bonchev–Trinajstić information content (AvgIpc) is 2.53. The third-order valence-corrected chi connectivity index (χ3v) is 3.76. The van der Waals surface area contributed by atoms with E-state index in [9.17, 15) is 9.59 Å². The van der Waals surface area contributed by atoms with Gasteiger partial charge in [-0.1, -0.05) is 55.7 Å². The molecule has 0 unspecified atom stereocenters. The van der Waals surface area contributed by atoms with Crippen LogP contribution < -0.4 is 0 Å². The standard InChI is InChI=1S/C16H28N2O4/c1-2-3-4-5-6-10-13-21-15(19)17-18-16(20)22-14-11-8-7-9-12-14/h14H,2-13H2,1H3. The molecule has 0 N–H and O–H groups in total. The van der Waals surface area contributed by atoms with Crippen molar-refractivity contribution in [3.8, 4) is 0 Å². The summed E-state index contributed by atoms with van der Waals surface area (Å²) in [6.07, 6.45) is 10.0. The number of carbonyl (C=O) groups is 2. The van der Waals surface area contributed by atoms with Crippen molar-refractivity contribution in [1.29, 1.82) is 0 Å². The lowest BCUT2D eigenvalue weighted by atomic mass is 9.98. The van der Waals surface area contributed by atoms with Crippen molar-refractivity contribution in [1.82, 2.24) is 0 Å². The van der Waals surface area contributed by atoms with Crippen molar-refractivity contribution in [2.75, 3.05) is 6.61 Å². The maximum Gasteiger partial charge on any atom is 0.452 e. The van der Waals surface area contributed by atoms with Crippen molar-refractivity contribution >= 4 is 12.2 Å². The van der Waals surface area contributed by atoms with E-state index in [0.717, 1.165) is 44.9 Å². The highest BCUT2D eigenvalue weighted by molar-refractivity contribution is 5.73. The Balaban J connectivity index is 2.04. The second kappa shape index (κ2) is 12.1. The van der Waals surface area contributed by atoms with Gasteiger partial charge in [-0.15, -0.1) is 0 Å². The molecule has 1 rings (SSSR count). The Bertz CT molecular complexity index is 352. The number of unbranched alkanes of at least 4 members (excludes halogenated alkanes) is 5. The number of rotatable bonds is 8. The molecule has 6 heteroatoms. The summed E-state index contributed by atoms with van der Waals surface area (Å²) in [4.78, 5) is 22.7. The number of hydrogen-bond donors (Lipinski definition) is 0. The molecule has 126 valence electrons. The van der Waals surface area contributed by atoms with Gasteiger partial charge in [-0.3, -0.25) is 0 Å². The highest BCUT2D eigenvalue weighted by atomic mass is 16.6.